The van der Waals surface area contributed by atoms with Gasteiger partial charge in [0, 0.05) is 17.3 Å². The van der Waals surface area contributed by atoms with E-state index in [2.05, 4.69) is 5.32 Å². The van der Waals surface area contributed by atoms with Crippen molar-refractivity contribution in [3.8, 4) is 5.75 Å². The zero-order valence-electron chi connectivity index (χ0n) is 13.5. The van der Waals surface area contributed by atoms with Crippen molar-refractivity contribution in [2.24, 2.45) is 0 Å². The summed E-state index contributed by atoms with van der Waals surface area (Å²) in [6.45, 7) is 4.90. The first-order chi connectivity index (χ1) is 11.0. The molecule has 2 aromatic rings. The number of ether oxygens (including phenoxy) is 2. The average Bonchev–Trinajstić information content (AvgIpc) is 2.55. The van der Waals surface area contributed by atoms with Gasteiger partial charge in [0.1, 0.15) is 12.4 Å². The van der Waals surface area contributed by atoms with Crippen LogP contribution in [0.4, 0.5) is 5.69 Å². The van der Waals surface area contributed by atoms with Crippen molar-refractivity contribution in [2.45, 2.75) is 13.8 Å². The number of halogens is 1. The van der Waals surface area contributed by atoms with E-state index in [-0.39, 0.29) is 5.97 Å². The van der Waals surface area contributed by atoms with Crippen molar-refractivity contribution in [2.75, 3.05) is 25.6 Å². The van der Waals surface area contributed by atoms with Crippen LogP contribution in [0.5, 0.6) is 5.75 Å². The van der Waals surface area contributed by atoms with Crippen LogP contribution >= 0.6 is 11.6 Å². The summed E-state index contributed by atoms with van der Waals surface area (Å²) >= 11 is 5.98. The van der Waals surface area contributed by atoms with E-state index in [0.717, 1.165) is 27.6 Å². The Kier molecular flexibility index (Phi) is 5.88. The first-order valence-electron chi connectivity index (χ1n) is 7.33. The molecular weight excluding hydrogens is 314 g/mol. The molecule has 4 nitrogen and oxygen atoms in total. The number of esters is 1. The highest BCUT2D eigenvalue weighted by Crippen LogP contribution is 2.21. The number of nitrogens with one attached hydrogen (secondary N) is 1. The number of aryl methyl sites for hydroxylation is 2. The van der Waals surface area contributed by atoms with Gasteiger partial charge in [-0.3, -0.25) is 0 Å². The molecule has 0 aliphatic rings. The van der Waals surface area contributed by atoms with Crippen LogP contribution in [0.1, 0.15) is 21.5 Å². The number of rotatable bonds is 6. The lowest BCUT2D eigenvalue weighted by Gasteiger charge is -2.12. The third-order valence-electron chi connectivity index (χ3n) is 3.40. The maximum Gasteiger partial charge on any atom is 0.339 e. The number of carbonyl (C=O) groups excluding carboxylic acids is 1. The third-order valence-corrected chi connectivity index (χ3v) is 3.82. The molecule has 2 aromatic carbocycles. The Hall–Kier alpha value is -2.20. The van der Waals surface area contributed by atoms with Crippen LogP contribution in [0, 0.1) is 13.8 Å². The summed E-state index contributed by atoms with van der Waals surface area (Å²) in [6.07, 6.45) is 0. The minimum Gasteiger partial charge on any atom is -0.492 e. The van der Waals surface area contributed by atoms with Crippen molar-refractivity contribution in [1.29, 1.82) is 0 Å². The van der Waals surface area contributed by atoms with E-state index in [1.54, 1.807) is 6.07 Å². The van der Waals surface area contributed by atoms with Crippen LogP contribution in [-0.2, 0) is 4.74 Å². The zero-order valence-corrected chi connectivity index (χ0v) is 14.2. The van der Waals surface area contributed by atoms with Crippen molar-refractivity contribution in [3.05, 3.63) is 58.1 Å². The van der Waals surface area contributed by atoms with Crippen LogP contribution < -0.4 is 10.1 Å². The van der Waals surface area contributed by atoms with E-state index >= 15 is 0 Å². The molecule has 5 heteroatoms. The Morgan fingerprint density at radius 3 is 2.65 bits per heavy atom. The predicted octanol–water partition coefficient (Wildman–Crippen LogP) is 4.23. The predicted molar refractivity (Wildman–Crippen MR) is 92.7 cm³/mol. The van der Waals surface area contributed by atoms with E-state index < -0.39 is 0 Å². The fraction of sp³-hybridized carbons (Fsp3) is 0.278. The summed E-state index contributed by atoms with van der Waals surface area (Å²) in [6, 6.07) is 11.2. The number of carbonyl (C=O) groups is 1. The van der Waals surface area contributed by atoms with Crippen LogP contribution in [0.25, 0.3) is 0 Å². The smallest absolute Gasteiger partial charge is 0.339 e. The van der Waals surface area contributed by atoms with Gasteiger partial charge in [0.25, 0.3) is 0 Å². The monoisotopic (exact) mass is 333 g/mol. The minimum absolute atomic E-state index is 0.356. The van der Waals surface area contributed by atoms with E-state index in [9.17, 15) is 4.79 Å². The second kappa shape index (κ2) is 7.88. The second-order valence-corrected chi connectivity index (χ2v) is 5.63. The number of benzene rings is 2. The number of hydrogen-bond donors (Lipinski definition) is 1. The molecule has 0 heterocycles. The Bertz CT molecular complexity index is 701. The van der Waals surface area contributed by atoms with E-state index in [1.165, 1.54) is 7.11 Å². The van der Waals surface area contributed by atoms with E-state index in [4.69, 9.17) is 21.1 Å². The van der Waals surface area contributed by atoms with Crippen LogP contribution in [0.3, 0.4) is 0 Å². The zero-order chi connectivity index (χ0) is 16.8. The average molecular weight is 334 g/mol. The van der Waals surface area contributed by atoms with Gasteiger partial charge in [0.15, 0.2) is 0 Å². The molecule has 0 aromatic heterocycles. The molecule has 0 bridgehead atoms. The quantitative estimate of drug-likeness (QED) is 0.634. The topological polar surface area (TPSA) is 47.6 Å². The lowest BCUT2D eigenvalue weighted by Crippen LogP contribution is -2.14. The Labute approximate surface area is 141 Å². The van der Waals surface area contributed by atoms with Gasteiger partial charge in [-0.25, -0.2) is 4.79 Å². The van der Waals surface area contributed by atoms with Crippen molar-refractivity contribution >= 4 is 23.3 Å². The number of hydrogen-bond acceptors (Lipinski definition) is 4. The molecule has 0 fully saturated rings. The van der Waals surface area contributed by atoms with E-state index in [0.29, 0.717) is 18.7 Å². The highest BCUT2D eigenvalue weighted by Gasteiger charge is 2.11. The Morgan fingerprint density at radius 1 is 1.17 bits per heavy atom. The summed E-state index contributed by atoms with van der Waals surface area (Å²) in [5, 5.41) is 3.92. The highest BCUT2D eigenvalue weighted by atomic mass is 35.5. The normalized spacial score (nSPS) is 10.3. The fourth-order valence-corrected chi connectivity index (χ4v) is 2.27. The lowest BCUT2D eigenvalue weighted by molar-refractivity contribution is 0.0601. The number of anilines is 1. The highest BCUT2D eigenvalue weighted by molar-refractivity contribution is 6.31. The van der Waals surface area contributed by atoms with Gasteiger partial charge in [-0.05, 0) is 49.7 Å². The van der Waals surface area contributed by atoms with Crippen molar-refractivity contribution < 1.29 is 14.3 Å². The molecular formula is C18H20ClNO3. The molecule has 23 heavy (non-hydrogen) atoms. The first kappa shape index (κ1) is 17.2. The summed E-state index contributed by atoms with van der Waals surface area (Å²) in [4.78, 5) is 11.8. The van der Waals surface area contributed by atoms with Gasteiger partial charge in [-0.1, -0.05) is 23.2 Å². The summed E-state index contributed by atoms with van der Waals surface area (Å²) < 4.78 is 10.5. The van der Waals surface area contributed by atoms with Crippen LogP contribution in [0.15, 0.2) is 36.4 Å². The maximum atomic E-state index is 11.8. The van der Waals surface area contributed by atoms with Gasteiger partial charge in [-0.2, -0.15) is 0 Å². The largest absolute Gasteiger partial charge is 0.492 e. The van der Waals surface area contributed by atoms with E-state index in [1.807, 2.05) is 44.2 Å². The summed E-state index contributed by atoms with van der Waals surface area (Å²) in [5.41, 5.74) is 3.24. The maximum absolute atomic E-state index is 11.8. The fourth-order valence-electron chi connectivity index (χ4n) is 2.15. The molecule has 1 N–H and O–H groups in total. The lowest BCUT2D eigenvalue weighted by atomic mass is 10.1. The molecule has 0 radical (unpaired) electrons. The standard InChI is InChI=1S/C18H20ClNO3/c1-12-4-7-17(15(10-12)18(21)22-3)20-8-9-23-14-5-6-16(19)13(2)11-14/h4-7,10-11,20H,8-9H2,1-3H3. The van der Waals surface area contributed by atoms with Gasteiger partial charge in [0.2, 0.25) is 0 Å². The molecule has 2 rings (SSSR count). The van der Waals surface area contributed by atoms with Gasteiger partial charge in [-0.15, -0.1) is 0 Å². The molecule has 0 atom stereocenters. The SMILES string of the molecule is COC(=O)c1cc(C)ccc1NCCOc1ccc(Cl)c(C)c1. The summed E-state index contributed by atoms with van der Waals surface area (Å²) in [5.74, 6) is 0.413. The summed E-state index contributed by atoms with van der Waals surface area (Å²) in [7, 11) is 1.38. The second-order valence-electron chi connectivity index (χ2n) is 5.23. The molecule has 0 aliphatic heterocycles. The van der Waals surface area contributed by atoms with Gasteiger partial charge in [0.05, 0.1) is 12.7 Å². The Morgan fingerprint density at radius 2 is 1.96 bits per heavy atom. The molecule has 0 saturated carbocycles. The van der Waals surface area contributed by atoms with Crippen LogP contribution in [0.2, 0.25) is 5.02 Å². The first-order valence-corrected chi connectivity index (χ1v) is 7.71. The molecule has 0 saturated heterocycles. The Balaban J connectivity index is 1.93. The minimum atomic E-state index is -0.356. The van der Waals surface area contributed by atoms with Crippen molar-refractivity contribution in [3.63, 3.8) is 0 Å². The van der Waals surface area contributed by atoms with Crippen LogP contribution in [-0.4, -0.2) is 26.2 Å². The number of methoxy groups -OCH3 is 1. The molecule has 0 unspecified atom stereocenters. The van der Waals surface area contributed by atoms with Gasteiger partial charge < -0.3 is 14.8 Å². The third kappa shape index (κ3) is 4.63. The molecule has 0 aliphatic carbocycles. The van der Waals surface area contributed by atoms with Gasteiger partial charge >= 0.3 is 5.97 Å². The molecule has 0 amide bonds. The molecule has 122 valence electrons. The van der Waals surface area contributed by atoms with Crippen molar-refractivity contribution in [1.82, 2.24) is 0 Å². The molecule has 0 spiro atoms.